The molecule has 3 N–H and O–H groups in total. The number of amides is 1. The number of carboxylic acids is 1. The number of nitrogens with one attached hydrogen (secondary N) is 2. The Balaban J connectivity index is 2.10. The molecule has 6 nitrogen and oxygen atoms in total. The number of H-pyrrole nitrogens is 1. The number of hydrogen-bond donors (Lipinski definition) is 3. The van der Waals surface area contributed by atoms with Gasteiger partial charge in [-0.1, -0.05) is 58.3 Å². The highest BCUT2D eigenvalue weighted by atomic mass is 16.4. The first-order chi connectivity index (χ1) is 11.6. The lowest BCUT2D eigenvalue weighted by Gasteiger charge is -2.13. The number of carbonyl (C=O) groups is 2. The van der Waals surface area contributed by atoms with Gasteiger partial charge in [-0.05, 0) is 6.42 Å². The third-order valence-electron chi connectivity index (χ3n) is 4.11. The van der Waals surface area contributed by atoms with Crippen LogP contribution >= 0.6 is 0 Å². The summed E-state index contributed by atoms with van der Waals surface area (Å²) in [5.41, 5.74) is 0.630. The first kappa shape index (κ1) is 20.2. The molecule has 1 aromatic rings. The van der Waals surface area contributed by atoms with Crippen molar-refractivity contribution in [3.05, 3.63) is 18.2 Å². The molecule has 0 aliphatic carbocycles. The summed E-state index contributed by atoms with van der Waals surface area (Å²) in [7, 11) is 0. The molecule has 1 atom stereocenters. The van der Waals surface area contributed by atoms with Crippen molar-refractivity contribution in [2.24, 2.45) is 0 Å². The number of aliphatic carboxylic acids is 1. The minimum Gasteiger partial charge on any atom is -0.480 e. The topological polar surface area (TPSA) is 95.1 Å². The van der Waals surface area contributed by atoms with Crippen LogP contribution in [0.15, 0.2) is 12.5 Å². The molecule has 0 bridgehead atoms. The minimum absolute atomic E-state index is 0.194. The van der Waals surface area contributed by atoms with E-state index >= 15 is 0 Å². The number of imidazole rings is 1. The average molecular weight is 337 g/mol. The first-order valence-corrected chi connectivity index (χ1v) is 9.13. The monoisotopic (exact) mass is 337 g/mol. The van der Waals surface area contributed by atoms with Crippen molar-refractivity contribution < 1.29 is 14.7 Å². The van der Waals surface area contributed by atoms with E-state index in [-0.39, 0.29) is 12.3 Å². The van der Waals surface area contributed by atoms with Gasteiger partial charge < -0.3 is 15.4 Å². The summed E-state index contributed by atoms with van der Waals surface area (Å²) in [5.74, 6) is -1.22. The Morgan fingerprint density at radius 3 is 2.29 bits per heavy atom. The second-order valence-electron chi connectivity index (χ2n) is 6.30. The molecule has 136 valence electrons. The average Bonchev–Trinajstić information content (AvgIpc) is 3.05. The predicted molar refractivity (Wildman–Crippen MR) is 93.7 cm³/mol. The Morgan fingerprint density at radius 1 is 1.12 bits per heavy atom. The minimum atomic E-state index is -1.03. The van der Waals surface area contributed by atoms with Gasteiger partial charge in [0.25, 0.3) is 0 Å². The summed E-state index contributed by atoms with van der Waals surface area (Å²) in [6.07, 6.45) is 14.4. The maximum Gasteiger partial charge on any atom is 0.326 e. The lowest BCUT2D eigenvalue weighted by atomic mass is 10.1. The summed E-state index contributed by atoms with van der Waals surface area (Å²) >= 11 is 0. The summed E-state index contributed by atoms with van der Waals surface area (Å²) in [5, 5.41) is 11.8. The summed E-state index contributed by atoms with van der Waals surface area (Å²) in [4.78, 5) is 29.9. The van der Waals surface area contributed by atoms with Crippen LogP contribution in [0.3, 0.4) is 0 Å². The number of carbonyl (C=O) groups excluding carboxylic acids is 1. The molecule has 0 fully saturated rings. The summed E-state index contributed by atoms with van der Waals surface area (Å²) in [6, 6.07) is -0.917. The van der Waals surface area contributed by atoms with E-state index in [1.54, 1.807) is 6.20 Å². The molecule has 1 aromatic heterocycles. The highest BCUT2D eigenvalue weighted by molar-refractivity contribution is 5.83. The van der Waals surface area contributed by atoms with Crippen LogP contribution in [0.1, 0.15) is 76.8 Å². The van der Waals surface area contributed by atoms with Crippen molar-refractivity contribution in [2.75, 3.05) is 0 Å². The molecule has 1 heterocycles. The van der Waals surface area contributed by atoms with E-state index in [1.165, 1.54) is 44.9 Å². The fourth-order valence-corrected chi connectivity index (χ4v) is 2.67. The third kappa shape index (κ3) is 9.33. The Morgan fingerprint density at radius 2 is 1.75 bits per heavy atom. The van der Waals surface area contributed by atoms with Gasteiger partial charge in [0.05, 0.1) is 12.0 Å². The number of carboxylic acid groups (broad SMARTS) is 1. The number of nitrogens with zero attached hydrogens (tertiary/aromatic N) is 1. The van der Waals surface area contributed by atoms with Crippen LogP contribution in [0, 0.1) is 0 Å². The molecular weight excluding hydrogens is 306 g/mol. The second-order valence-corrected chi connectivity index (χ2v) is 6.30. The molecule has 1 amide bonds. The molecule has 6 heteroatoms. The number of rotatable bonds is 14. The van der Waals surface area contributed by atoms with E-state index in [0.717, 1.165) is 19.3 Å². The van der Waals surface area contributed by atoms with Crippen molar-refractivity contribution in [2.45, 2.75) is 83.6 Å². The van der Waals surface area contributed by atoms with E-state index in [1.807, 2.05) is 0 Å². The van der Waals surface area contributed by atoms with Gasteiger partial charge in [-0.2, -0.15) is 0 Å². The number of aromatic nitrogens is 2. The molecular formula is C18H31N3O3. The zero-order valence-corrected chi connectivity index (χ0v) is 14.7. The Labute approximate surface area is 144 Å². The molecule has 0 saturated heterocycles. The normalized spacial score (nSPS) is 12.0. The van der Waals surface area contributed by atoms with Crippen LogP contribution in [-0.2, 0) is 16.0 Å². The van der Waals surface area contributed by atoms with Crippen LogP contribution in [0.5, 0.6) is 0 Å². The fourth-order valence-electron chi connectivity index (χ4n) is 2.67. The molecule has 0 unspecified atom stereocenters. The lowest BCUT2D eigenvalue weighted by Crippen LogP contribution is -2.42. The zero-order valence-electron chi connectivity index (χ0n) is 14.7. The highest BCUT2D eigenvalue weighted by Crippen LogP contribution is 2.10. The van der Waals surface area contributed by atoms with E-state index < -0.39 is 12.0 Å². The molecule has 0 aliphatic heterocycles. The first-order valence-electron chi connectivity index (χ1n) is 9.13. The lowest BCUT2D eigenvalue weighted by molar-refractivity contribution is -0.141. The van der Waals surface area contributed by atoms with Gasteiger partial charge in [-0.25, -0.2) is 9.78 Å². The maximum absolute atomic E-state index is 11.9. The third-order valence-corrected chi connectivity index (χ3v) is 4.11. The summed E-state index contributed by atoms with van der Waals surface area (Å²) < 4.78 is 0. The van der Waals surface area contributed by atoms with Gasteiger partial charge in [0.1, 0.15) is 6.04 Å². The maximum atomic E-state index is 11.9. The van der Waals surface area contributed by atoms with E-state index in [9.17, 15) is 14.7 Å². The molecule has 0 aromatic carbocycles. The smallest absolute Gasteiger partial charge is 0.326 e. The number of aromatic amines is 1. The van der Waals surface area contributed by atoms with Gasteiger partial charge in [0.2, 0.25) is 5.91 Å². The molecule has 24 heavy (non-hydrogen) atoms. The predicted octanol–water partition coefficient (Wildman–Crippen LogP) is 3.44. The standard InChI is InChI=1S/C18H31N3O3/c1-2-3-4-5-6-7-8-9-10-11-17(22)21-16(18(23)24)12-15-13-19-14-20-15/h13-14,16H,2-12H2,1H3,(H,19,20)(H,21,22)(H,23,24)/t16-/m0/s1. The second kappa shape index (κ2) is 12.6. The molecule has 0 saturated carbocycles. The van der Waals surface area contributed by atoms with Crippen molar-refractivity contribution in [1.29, 1.82) is 0 Å². The van der Waals surface area contributed by atoms with Crippen LogP contribution in [0.4, 0.5) is 0 Å². The quantitative estimate of drug-likeness (QED) is 0.453. The van der Waals surface area contributed by atoms with Gasteiger partial charge >= 0.3 is 5.97 Å². The SMILES string of the molecule is CCCCCCCCCCCC(=O)N[C@@H](Cc1c[nH]cn1)C(=O)O. The molecule has 0 radical (unpaired) electrons. The van der Waals surface area contributed by atoms with E-state index in [2.05, 4.69) is 22.2 Å². The van der Waals surface area contributed by atoms with E-state index in [0.29, 0.717) is 12.1 Å². The Kier molecular flexibility index (Phi) is 10.6. The van der Waals surface area contributed by atoms with Gasteiger partial charge in [0.15, 0.2) is 0 Å². The van der Waals surface area contributed by atoms with Gasteiger partial charge in [-0.3, -0.25) is 4.79 Å². The van der Waals surface area contributed by atoms with Crippen molar-refractivity contribution in [3.8, 4) is 0 Å². The van der Waals surface area contributed by atoms with Crippen LogP contribution in [0.2, 0.25) is 0 Å². The molecule has 1 rings (SSSR count). The van der Waals surface area contributed by atoms with Crippen molar-refractivity contribution >= 4 is 11.9 Å². The van der Waals surface area contributed by atoms with Crippen molar-refractivity contribution in [1.82, 2.24) is 15.3 Å². The Bertz CT molecular complexity index is 460. The van der Waals surface area contributed by atoms with Gasteiger partial charge in [0, 0.05) is 19.0 Å². The van der Waals surface area contributed by atoms with Crippen LogP contribution < -0.4 is 5.32 Å². The largest absolute Gasteiger partial charge is 0.480 e. The fraction of sp³-hybridized carbons (Fsp3) is 0.722. The van der Waals surface area contributed by atoms with Gasteiger partial charge in [-0.15, -0.1) is 0 Å². The molecule has 0 spiro atoms. The zero-order chi connectivity index (χ0) is 17.6. The summed E-state index contributed by atoms with van der Waals surface area (Å²) in [6.45, 7) is 2.22. The number of unbranched alkanes of at least 4 members (excludes halogenated alkanes) is 8. The Hall–Kier alpha value is -1.85. The number of hydrogen-bond acceptors (Lipinski definition) is 3. The van der Waals surface area contributed by atoms with Crippen LogP contribution in [0.25, 0.3) is 0 Å². The highest BCUT2D eigenvalue weighted by Gasteiger charge is 2.20. The molecule has 0 aliphatic rings. The van der Waals surface area contributed by atoms with Crippen LogP contribution in [-0.4, -0.2) is 33.0 Å². The van der Waals surface area contributed by atoms with Crippen molar-refractivity contribution in [3.63, 3.8) is 0 Å². The van der Waals surface area contributed by atoms with E-state index in [4.69, 9.17) is 0 Å².